The molecule has 0 radical (unpaired) electrons. The van der Waals surface area contributed by atoms with Crippen LogP contribution in [0.5, 0.6) is 0 Å². The number of carboxylic acid groups (broad SMARTS) is 1. The summed E-state index contributed by atoms with van der Waals surface area (Å²) < 4.78 is 1.86. The lowest BCUT2D eigenvalue weighted by Crippen LogP contribution is -2.12. The fourth-order valence-corrected chi connectivity index (χ4v) is 1.35. The van der Waals surface area contributed by atoms with Crippen molar-refractivity contribution in [3.63, 3.8) is 0 Å². The van der Waals surface area contributed by atoms with E-state index in [1.165, 1.54) is 0 Å². The number of carbonyl (C=O) groups is 1. The Morgan fingerprint density at radius 1 is 1.50 bits per heavy atom. The lowest BCUT2D eigenvalue weighted by Gasteiger charge is -2.07. The van der Waals surface area contributed by atoms with Crippen LogP contribution in [0.4, 0.5) is 0 Å². The summed E-state index contributed by atoms with van der Waals surface area (Å²) in [6.45, 7) is 3.35. The Morgan fingerprint density at radius 3 is 2.67 bits per heavy atom. The first kappa shape index (κ1) is 13.9. The maximum atomic E-state index is 9.27. The van der Waals surface area contributed by atoms with Gasteiger partial charge in [0, 0.05) is 38.3 Å². The number of aliphatic carboxylic acids is 1. The van der Waals surface area contributed by atoms with Gasteiger partial charge in [-0.2, -0.15) is 0 Å². The van der Waals surface area contributed by atoms with Gasteiger partial charge in [-0.25, -0.2) is 9.97 Å². The number of rotatable bonds is 3. The largest absolute Gasteiger partial charge is 0.481 e. The van der Waals surface area contributed by atoms with E-state index in [9.17, 15) is 5.11 Å². The fourth-order valence-electron chi connectivity index (χ4n) is 1.35. The summed E-state index contributed by atoms with van der Waals surface area (Å²) in [7, 11) is 0. The maximum absolute atomic E-state index is 9.27. The number of aliphatic hydroxyl groups is 1. The Bertz CT molecular complexity index is 472. The van der Waals surface area contributed by atoms with Gasteiger partial charge in [0.1, 0.15) is 0 Å². The van der Waals surface area contributed by atoms with Gasteiger partial charge >= 0.3 is 0 Å². The molecule has 0 fully saturated rings. The molecule has 7 nitrogen and oxygen atoms in total. The van der Waals surface area contributed by atoms with Crippen LogP contribution in [0, 0.1) is 0 Å². The average Bonchev–Trinajstić information content (AvgIpc) is 2.84. The number of aliphatic hydroxyl groups excluding tert-OH is 1. The number of nitrogens with zero attached hydrogens (tertiary/aromatic N) is 3. The number of hydrogen-bond donors (Lipinski definition) is 3. The van der Waals surface area contributed by atoms with E-state index in [2.05, 4.69) is 15.0 Å². The van der Waals surface area contributed by atoms with Gasteiger partial charge in [-0.1, -0.05) is 0 Å². The zero-order chi connectivity index (χ0) is 13.5. The molecule has 0 saturated heterocycles. The molecule has 18 heavy (non-hydrogen) atoms. The third-order valence-electron chi connectivity index (χ3n) is 1.89. The Hall–Kier alpha value is -2.15. The quantitative estimate of drug-likeness (QED) is 0.747. The third-order valence-corrected chi connectivity index (χ3v) is 1.89. The molecular weight excluding hydrogens is 236 g/mol. The van der Waals surface area contributed by atoms with Gasteiger partial charge in [-0.15, -0.1) is 0 Å². The summed E-state index contributed by atoms with van der Waals surface area (Å²) >= 11 is 0. The number of imidazole rings is 2. The molecule has 0 aliphatic rings. The summed E-state index contributed by atoms with van der Waals surface area (Å²) in [4.78, 5) is 20.3. The van der Waals surface area contributed by atoms with Gasteiger partial charge in [-0.3, -0.25) is 4.79 Å². The highest BCUT2D eigenvalue weighted by Gasteiger charge is 2.08. The first-order valence-electron chi connectivity index (χ1n) is 5.39. The van der Waals surface area contributed by atoms with Gasteiger partial charge in [0.25, 0.3) is 5.97 Å². The van der Waals surface area contributed by atoms with E-state index in [1.807, 2.05) is 10.8 Å². The average molecular weight is 252 g/mol. The Balaban J connectivity index is 0.000000357. The van der Waals surface area contributed by atoms with Crippen molar-refractivity contribution in [2.75, 3.05) is 0 Å². The molecule has 2 aromatic rings. The Kier molecular flexibility index (Phi) is 5.06. The lowest BCUT2D eigenvalue weighted by atomic mass is 10.4. The highest BCUT2D eigenvalue weighted by molar-refractivity contribution is 5.62. The summed E-state index contributed by atoms with van der Waals surface area (Å²) in [5, 5.41) is 16.7. The number of nitrogens with one attached hydrogen (secondary N) is 1. The zero-order valence-electron chi connectivity index (χ0n) is 10.2. The highest BCUT2D eigenvalue weighted by atomic mass is 16.4. The van der Waals surface area contributed by atoms with Gasteiger partial charge < -0.3 is 19.8 Å². The van der Waals surface area contributed by atoms with Crippen molar-refractivity contribution >= 4 is 5.97 Å². The molecule has 2 aromatic heterocycles. The van der Waals surface area contributed by atoms with Gasteiger partial charge in [0.2, 0.25) is 0 Å². The minimum atomic E-state index is -0.833. The van der Waals surface area contributed by atoms with Crippen LogP contribution in [0.1, 0.15) is 13.8 Å². The van der Waals surface area contributed by atoms with Crippen molar-refractivity contribution in [2.24, 2.45) is 0 Å². The molecule has 0 aromatic carbocycles. The van der Waals surface area contributed by atoms with Crippen molar-refractivity contribution in [2.45, 2.75) is 26.5 Å². The summed E-state index contributed by atoms with van der Waals surface area (Å²) in [5.74, 6) is 0.631. The molecule has 0 amide bonds. The van der Waals surface area contributed by atoms with Crippen LogP contribution in [-0.4, -0.2) is 41.8 Å². The smallest absolute Gasteiger partial charge is 0.300 e. The Labute approximate surface area is 104 Å². The number of aromatic nitrogens is 4. The monoisotopic (exact) mass is 252 g/mol. The molecule has 2 rings (SSSR count). The Morgan fingerprint density at radius 2 is 2.17 bits per heavy atom. The molecule has 0 unspecified atom stereocenters. The van der Waals surface area contributed by atoms with Crippen LogP contribution < -0.4 is 0 Å². The lowest BCUT2D eigenvalue weighted by molar-refractivity contribution is -0.134. The maximum Gasteiger partial charge on any atom is 0.300 e. The summed E-state index contributed by atoms with van der Waals surface area (Å²) in [6, 6.07) is 0. The normalized spacial score (nSPS) is 11.5. The van der Waals surface area contributed by atoms with Crippen LogP contribution in [0.15, 0.2) is 24.8 Å². The van der Waals surface area contributed by atoms with E-state index in [0.29, 0.717) is 6.54 Å². The van der Waals surface area contributed by atoms with Crippen LogP contribution in [-0.2, 0) is 11.3 Å². The van der Waals surface area contributed by atoms with Gasteiger partial charge in [0.15, 0.2) is 11.6 Å². The van der Waals surface area contributed by atoms with E-state index in [-0.39, 0.29) is 0 Å². The number of hydrogen-bond acceptors (Lipinski definition) is 4. The van der Waals surface area contributed by atoms with E-state index in [1.54, 1.807) is 25.5 Å². The van der Waals surface area contributed by atoms with E-state index < -0.39 is 12.1 Å². The number of carboxylic acids is 1. The third kappa shape index (κ3) is 4.38. The standard InChI is InChI=1S/C9H12N4O.C2H4O2/c1-7(14)6-13-5-4-12-9(13)8-10-2-3-11-8;1-2(3)4/h2-5,7,14H,6H2,1H3,(H,10,11);1H3,(H,3,4)/t7-;/m0./s1. The molecule has 7 heteroatoms. The van der Waals surface area contributed by atoms with Crippen LogP contribution in [0.3, 0.4) is 0 Å². The topological polar surface area (TPSA) is 104 Å². The molecule has 0 saturated carbocycles. The predicted molar refractivity (Wildman–Crippen MR) is 64.8 cm³/mol. The molecule has 0 spiro atoms. The second-order valence-electron chi connectivity index (χ2n) is 3.71. The summed E-state index contributed by atoms with van der Waals surface area (Å²) in [5.41, 5.74) is 0. The van der Waals surface area contributed by atoms with Gasteiger partial charge in [0.05, 0.1) is 6.10 Å². The van der Waals surface area contributed by atoms with E-state index in [4.69, 9.17) is 9.90 Å². The number of aromatic amines is 1. The van der Waals surface area contributed by atoms with Crippen molar-refractivity contribution in [3.05, 3.63) is 24.8 Å². The van der Waals surface area contributed by atoms with Crippen molar-refractivity contribution < 1.29 is 15.0 Å². The van der Waals surface area contributed by atoms with Crippen LogP contribution >= 0.6 is 0 Å². The zero-order valence-corrected chi connectivity index (χ0v) is 10.2. The van der Waals surface area contributed by atoms with Crippen molar-refractivity contribution in [1.29, 1.82) is 0 Å². The molecule has 3 N–H and O–H groups in total. The number of H-pyrrole nitrogens is 1. The molecule has 0 aliphatic heterocycles. The van der Waals surface area contributed by atoms with Crippen LogP contribution in [0.2, 0.25) is 0 Å². The molecule has 0 aliphatic carbocycles. The molecule has 2 heterocycles. The molecular formula is C11H16N4O3. The van der Waals surface area contributed by atoms with Gasteiger partial charge in [-0.05, 0) is 6.92 Å². The molecule has 1 atom stereocenters. The van der Waals surface area contributed by atoms with E-state index >= 15 is 0 Å². The molecule has 98 valence electrons. The highest BCUT2D eigenvalue weighted by Crippen LogP contribution is 2.11. The first-order valence-corrected chi connectivity index (χ1v) is 5.39. The minimum Gasteiger partial charge on any atom is -0.481 e. The summed E-state index contributed by atoms with van der Waals surface area (Å²) in [6.07, 6.45) is 6.55. The SMILES string of the molecule is CC(=O)O.C[C@H](O)Cn1ccnc1-c1ncc[nH]1. The van der Waals surface area contributed by atoms with Crippen molar-refractivity contribution in [1.82, 2.24) is 19.5 Å². The minimum absolute atomic E-state index is 0.391. The predicted octanol–water partition coefficient (Wildman–Crippen LogP) is 0.745. The first-order chi connectivity index (χ1) is 8.50. The second kappa shape index (κ2) is 6.55. The van der Waals surface area contributed by atoms with Crippen LogP contribution in [0.25, 0.3) is 11.6 Å². The van der Waals surface area contributed by atoms with Crippen molar-refractivity contribution in [3.8, 4) is 11.6 Å². The molecule has 0 bridgehead atoms. The fraction of sp³-hybridized carbons (Fsp3) is 0.364. The van der Waals surface area contributed by atoms with E-state index in [0.717, 1.165) is 18.6 Å². The second-order valence-corrected chi connectivity index (χ2v) is 3.71.